The number of methoxy groups -OCH3 is 1. The fraction of sp³-hybridized carbons (Fsp3) is 0.562. The van der Waals surface area contributed by atoms with Gasteiger partial charge in [-0.3, -0.25) is 20.3 Å². The maximum absolute atomic E-state index is 11.9. The third kappa shape index (κ3) is 5.47. The van der Waals surface area contributed by atoms with Crippen LogP contribution < -0.4 is 10.1 Å². The van der Waals surface area contributed by atoms with E-state index < -0.39 is 11.0 Å². The highest BCUT2D eigenvalue weighted by atomic mass is 35.5. The number of hydrogen-bond acceptors (Lipinski definition) is 6. The van der Waals surface area contributed by atoms with Crippen molar-refractivity contribution in [3.63, 3.8) is 0 Å². The van der Waals surface area contributed by atoms with Crippen LogP contribution in [0.3, 0.4) is 0 Å². The summed E-state index contributed by atoms with van der Waals surface area (Å²) < 4.78 is 10.2. The number of nitro groups is 1. The van der Waals surface area contributed by atoms with Crippen molar-refractivity contribution in [1.29, 1.82) is 0 Å². The van der Waals surface area contributed by atoms with Crippen LogP contribution in [0.25, 0.3) is 0 Å². The van der Waals surface area contributed by atoms with Gasteiger partial charge >= 0.3 is 6.09 Å². The summed E-state index contributed by atoms with van der Waals surface area (Å²) in [4.78, 5) is 24.4. The first-order valence-electron chi connectivity index (χ1n) is 8.08. The molecule has 1 heterocycles. The van der Waals surface area contributed by atoms with Crippen molar-refractivity contribution in [2.24, 2.45) is 5.92 Å². The van der Waals surface area contributed by atoms with Gasteiger partial charge in [-0.2, -0.15) is 0 Å². The van der Waals surface area contributed by atoms with Gasteiger partial charge in [0, 0.05) is 6.54 Å². The first kappa shape index (κ1) is 19.3. The van der Waals surface area contributed by atoms with Gasteiger partial charge in [0.2, 0.25) is 0 Å². The Labute approximate surface area is 151 Å². The minimum absolute atomic E-state index is 0.0939. The van der Waals surface area contributed by atoms with Gasteiger partial charge in [-0.1, -0.05) is 18.5 Å². The second-order valence-electron chi connectivity index (χ2n) is 6.05. The molecular weight excluding hydrogens is 350 g/mol. The second kappa shape index (κ2) is 8.87. The quantitative estimate of drug-likeness (QED) is 0.607. The summed E-state index contributed by atoms with van der Waals surface area (Å²) in [5.41, 5.74) is -0.0772. The lowest BCUT2D eigenvalue weighted by Gasteiger charge is -2.29. The van der Waals surface area contributed by atoms with Crippen LogP contribution in [0.15, 0.2) is 12.1 Å². The second-order valence-corrected chi connectivity index (χ2v) is 6.45. The number of carbonyl (C=O) groups is 1. The van der Waals surface area contributed by atoms with E-state index in [-0.39, 0.29) is 28.8 Å². The van der Waals surface area contributed by atoms with Crippen LogP contribution in [0.4, 0.5) is 16.2 Å². The van der Waals surface area contributed by atoms with Gasteiger partial charge in [0.05, 0.1) is 23.8 Å². The first-order valence-corrected chi connectivity index (χ1v) is 8.46. The van der Waals surface area contributed by atoms with Gasteiger partial charge < -0.3 is 9.47 Å². The zero-order valence-corrected chi connectivity index (χ0v) is 15.0. The number of anilines is 1. The maximum Gasteiger partial charge on any atom is 0.411 e. The van der Waals surface area contributed by atoms with Crippen molar-refractivity contribution < 1.29 is 19.2 Å². The van der Waals surface area contributed by atoms with Crippen molar-refractivity contribution in [2.75, 3.05) is 38.7 Å². The molecule has 0 spiro atoms. The number of nitro benzene ring substituents is 1. The highest BCUT2D eigenvalue weighted by Crippen LogP contribution is 2.35. The minimum Gasteiger partial charge on any atom is -0.494 e. The monoisotopic (exact) mass is 371 g/mol. The van der Waals surface area contributed by atoms with Gasteiger partial charge in [0.1, 0.15) is 17.4 Å². The summed E-state index contributed by atoms with van der Waals surface area (Å²) in [6.45, 7) is 5.21. The van der Waals surface area contributed by atoms with Crippen LogP contribution in [0.5, 0.6) is 5.75 Å². The third-order valence-electron chi connectivity index (χ3n) is 4.22. The van der Waals surface area contributed by atoms with E-state index >= 15 is 0 Å². The molecule has 1 saturated heterocycles. The Morgan fingerprint density at radius 2 is 2.12 bits per heavy atom. The number of nitrogens with one attached hydrogen (secondary N) is 1. The average Bonchev–Trinajstić information content (AvgIpc) is 2.56. The van der Waals surface area contributed by atoms with Crippen LogP contribution in [-0.2, 0) is 4.74 Å². The zero-order chi connectivity index (χ0) is 18.4. The number of piperidine rings is 1. The van der Waals surface area contributed by atoms with Crippen molar-refractivity contribution in [3.8, 4) is 5.75 Å². The summed E-state index contributed by atoms with van der Waals surface area (Å²) in [6, 6.07) is 2.43. The Kier molecular flexibility index (Phi) is 6.83. The highest BCUT2D eigenvalue weighted by molar-refractivity contribution is 6.33. The fourth-order valence-corrected chi connectivity index (χ4v) is 2.88. The number of hydrogen-bond donors (Lipinski definition) is 1. The Morgan fingerprint density at radius 3 is 2.72 bits per heavy atom. The maximum atomic E-state index is 11.9. The Morgan fingerprint density at radius 1 is 1.44 bits per heavy atom. The smallest absolute Gasteiger partial charge is 0.411 e. The number of nitrogens with zero attached hydrogens (tertiary/aromatic N) is 2. The van der Waals surface area contributed by atoms with Gasteiger partial charge in [-0.25, -0.2) is 4.79 Å². The summed E-state index contributed by atoms with van der Waals surface area (Å²) in [6.07, 6.45) is 1.66. The Hall–Kier alpha value is -2.06. The van der Waals surface area contributed by atoms with E-state index in [0.29, 0.717) is 6.54 Å². The lowest BCUT2D eigenvalue weighted by Crippen LogP contribution is -2.35. The average molecular weight is 372 g/mol. The first-order chi connectivity index (χ1) is 11.9. The summed E-state index contributed by atoms with van der Waals surface area (Å²) >= 11 is 5.86. The van der Waals surface area contributed by atoms with Crippen LogP contribution in [0.2, 0.25) is 5.02 Å². The van der Waals surface area contributed by atoms with Crippen LogP contribution in [0, 0.1) is 16.0 Å². The van der Waals surface area contributed by atoms with E-state index in [2.05, 4.69) is 17.1 Å². The van der Waals surface area contributed by atoms with E-state index in [0.717, 1.165) is 37.9 Å². The largest absolute Gasteiger partial charge is 0.494 e. The molecule has 138 valence electrons. The number of benzene rings is 1. The fourth-order valence-electron chi connectivity index (χ4n) is 2.65. The van der Waals surface area contributed by atoms with Gasteiger partial charge in [-0.05, 0) is 37.9 Å². The van der Waals surface area contributed by atoms with E-state index in [9.17, 15) is 14.9 Å². The molecule has 9 heteroatoms. The SMILES string of the molecule is COc1cc([N+](=O)[O-])c(Cl)cc1NC(=O)OCCN1CCC(C)CC1. The highest BCUT2D eigenvalue weighted by Gasteiger charge is 2.19. The van der Waals surface area contributed by atoms with Crippen molar-refractivity contribution >= 4 is 29.1 Å². The third-order valence-corrected chi connectivity index (χ3v) is 4.52. The van der Waals surface area contributed by atoms with Crippen molar-refractivity contribution in [3.05, 3.63) is 27.3 Å². The number of rotatable bonds is 6. The molecule has 1 aliphatic heterocycles. The van der Waals surface area contributed by atoms with Crippen molar-refractivity contribution in [1.82, 2.24) is 4.90 Å². The molecule has 1 aromatic carbocycles. The molecule has 1 fully saturated rings. The number of halogens is 1. The topological polar surface area (TPSA) is 93.9 Å². The molecule has 25 heavy (non-hydrogen) atoms. The molecular formula is C16H22ClN3O5. The summed E-state index contributed by atoms with van der Waals surface area (Å²) in [5.74, 6) is 0.887. The summed E-state index contributed by atoms with van der Waals surface area (Å²) in [5, 5.41) is 13.3. The summed E-state index contributed by atoms with van der Waals surface area (Å²) in [7, 11) is 1.35. The van der Waals surface area contributed by atoms with E-state index in [4.69, 9.17) is 21.1 Å². The normalized spacial score (nSPS) is 15.6. The molecule has 1 amide bonds. The van der Waals surface area contributed by atoms with Gasteiger partial charge in [-0.15, -0.1) is 0 Å². The standard InChI is InChI=1S/C16H22ClN3O5/c1-11-3-5-19(6-4-11)7-8-25-16(21)18-13-9-12(17)14(20(22)23)10-15(13)24-2/h9-11H,3-8H2,1-2H3,(H,18,21). The molecule has 0 aliphatic carbocycles. The van der Waals surface area contributed by atoms with Crippen LogP contribution in [-0.4, -0.2) is 49.3 Å². The van der Waals surface area contributed by atoms with Gasteiger partial charge in [0.15, 0.2) is 0 Å². The van der Waals surface area contributed by atoms with Crippen molar-refractivity contribution in [2.45, 2.75) is 19.8 Å². The van der Waals surface area contributed by atoms with Crippen LogP contribution in [0.1, 0.15) is 19.8 Å². The molecule has 1 aliphatic rings. The molecule has 0 atom stereocenters. The lowest BCUT2D eigenvalue weighted by molar-refractivity contribution is -0.384. The molecule has 0 bridgehead atoms. The molecule has 1 aromatic rings. The Balaban J connectivity index is 1.87. The number of ether oxygens (including phenoxy) is 2. The molecule has 1 N–H and O–H groups in total. The zero-order valence-electron chi connectivity index (χ0n) is 14.3. The van der Waals surface area contributed by atoms with E-state index in [1.54, 1.807) is 0 Å². The number of likely N-dealkylation sites (tertiary alicyclic amines) is 1. The van der Waals surface area contributed by atoms with Gasteiger partial charge in [0.25, 0.3) is 5.69 Å². The lowest BCUT2D eigenvalue weighted by atomic mass is 9.99. The molecule has 8 nitrogen and oxygen atoms in total. The molecule has 0 radical (unpaired) electrons. The number of carbonyl (C=O) groups excluding carboxylic acids is 1. The minimum atomic E-state index is -0.659. The predicted octanol–water partition coefficient (Wildman–Crippen LogP) is 3.54. The predicted molar refractivity (Wildman–Crippen MR) is 94.5 cm³/mol. The van der Waals surface area contributed by atoms with Crippen LogP contribution >= 0.6 is 11.6 Å². The Bertz CT molecular complexity index is 632. The van der Waals surface area contributed by atoms with E-state index in [1.165, 1.54) is 13.2 Å². The molecule has 0 unspecified atom stereocenters. The molecule has 2 rings (SSSR count). The molecule has 0 saturated carbocycles. The molecule has 0 aromatic heterocycles. The van der Waals surface area contributed by atoms with E-state index in [1.807, 2.05) is 0 Å². The number of amides is 1.